The van der Waals surface area contributed by atoms with E-state index in [-0.39, 0.29) is 0 Å². The molecule has 0 saturated carbocycles. The molecule has 0 heterocycles. The second-order valence-corrected chi connectivity index (χ2v) is 6.58. The van der Waals surface area contributed by atoms with Crippen molar-refractivity contribution >= 4 is 40.8 Å². The minimum atomic E-state index is 0.346. The highest BCUT2D eigenvalue weighted by Crippen LogP contribution is 2.33. The van der Waals surface area contributed by atoms with E-state index < -0.39 is 0 Å². The third kappa shape index (κ3) is 4.94. The molecule has 3 aromatic rings. The summed E-state index contributed by atoms with van der Waals surface area (Å²) in [4.78, 5) is 4.41. The Bertz CT molecular complexity index is 937. The van der Waals surface area contributed by atoms with Crippen LogP contribution < -0.4 is 15.2 Å². The summed E-state index contributed by atoms with van der Waals surface area (Å²) in [5, 5.41) is 0.743. The summed E-state index contributed by atoms with van der Waals surface area (Å²) in [6, 6.07) is 18.8. The van der Waals surface area contributed by atoms with E-state index in [2.05, 4.69) is 4.99 Å². The van der Waals surface area contributed by atoms with Gasteiger partial charge in [-0.2, -0.15) is 0 Å². The van der Waals surface area contributed by atoms with Gasteiger partial charge in [0.1, 0.15) is 6.61 Å². The van der Waals surface area contributed by atoms with Crippen LogP contribution in [0.4, 0.5) is 11.4 Å². The average Bonchev–Trinajstić information content (AvgIpc) is 2.69. The van der Waals surface area contributed by atoms with E-state index >= 15 is 0 Å². The molecule has 0 fully saturated rings. The van der Waals surface area contributed by atoms with Crippen molar-refractivity contribution in [2.24, 2.45) is 4.99 Å². The Morgan fingerprint density at radius 2 is 1.67 bits per heavy atom. The Morgan fingerprint density at radius 1 is 0.963 bits per heavy atom. The summed E-state index contributed by atoms with van der Waals surface area (Å²) in [5.74, 6) is 1.29. The molecular weight excluding hydrogens is 383 g/mol. The smallest absolute Gasteiger partial charge is 0.162 e. The highest BCUT2D eigenvalue weighted by atomic mass is 35.5. The molecule has 0 aliphatic rings. The molecule has 0 aliphatic carbocycles. The zero-order valence-corrected chi connectivity index (χ0v) is 16.2. The molecule has 2 N–H and O–H groups in total. The van der Waals surface area contributed by atoms with Crippen LogP contribution in [0.2, 0.25) is 10.0 Å². The van der Waals surface area contributed by atoms with Gasteiger partial charge in [-0.15, -0.1) is 0 Å². The van der Waals surface area contributed by atoms with Crippen LogP contribution in [0.1, 0.15) is 11.1 Å². The van der Waals surface area contributed by atoms with Gasteiger partial charge in [-0.1, -0.05) is 53.5 Å². The van der Waals surface area contributed by atoms with E-state index in [0.717, 1.165) is 11.1 Å². The zero-order valence-electron chi connectivity index (χ0n) is 14.7. The van der Waals surface area contributed by atoms with Gasteiger partial charge in [-0.25, -0.2) is 0 Å². The van der Waals surface area contributed by atoms with Crippen molar-refractivity contribution in [2.75, 3.05) is 12.8 Å². The second kappa shape index (κ2) is 8.80. The molecular formula is C21H18Cl2N2O2. The molecule has 0 saturated heterocycles. The summed E-state index contributed by atoms with van der Waals surface area (Å²) < 4.78 is 11.3. The molecule has 0 unspecified atom stereocenters. The number of nitrogens with zero attached hydrogens (tertiary/aromatic N) is 1. The minimum Gasteiger partial charge on any atom is -0.493 e. The van der Waals surface area contributed by atoms with Crippen molar-refractivity contribution in [1.29, 1.82) is 0 Å². The van der Waals surface area contributed by atoms with Gasteiger partial charge in [0, 0.05) is 6.21 Å². The normalized spacial score (nSPS) is 10.9. The molecule has 0 bridgehead atoms. The fraction of sp³-hybridized carbons (Fsp3) is 0.0952. The van der Waals surface area contributed by atoms with E-state index in [9.17, 15) is 0 Å². The quantitative estimate of drug-likeness (QED) is 0.412. The Hall–Kier alpha value is -2.69. The number of nitrogens with two attached hydrogens (primary N) is 1. The van der Waals surface area contributed by atoms with Gasteiger partial charge in [0.15, 0.2) is 11.5 Å². The maximum absolute atomic E-state index is 6.05. The van der Waals surface area contributed by atoms with Crippen LogP contribution in [0.5, 0.6) is 11.5 Å². The lowest BCUT2D eigenvalue weighted by Crippen LogP contribution is -1.98. The minimum absolute atomic E-state index is 0.346. The van der Waals surface area contributed by atoms with Crippen molar-refractivity contribution in [3.05, 3.63) is 81.8 Å². The van der Waals surface area contributed by atoms with Crippen molar-refractivity contribution in [3.8, 4) is 11.5 Å². The number of hydrogen-bond donors (Lipinski definition) is 1. The van der Waals surface area contributed by atoms with Gasteiger partial charge in [0.25, 0.3) is 0 Å². The predicted molar refractivity (Wildman–Crippen MR) is 112 cm³/mol. The standard InChI is InChI=1S/C21H18Cl2N2O2/c1-26-19-8-7-15(9-20(19)27-13-14-5-3-2-4-6-14)12-25-16-10-17(22)21(24)18(23)11-16/h2-12H,13,24H2,1H3. The third-order valence-electron chi connectivity index (χ3n) is 3.85. The number of methoxy groups -OCH3 is 1. The summed E-state index contributed by atoms with van der Waals surface area (Å²) in [6.45, 7) is 0.445. The van der Waals surface area contributed by atoms with Gasteiger partial charge in [0.2, 0.25) is 0 Å². The highest BCUT2D eigenvalue weighted by molar-refractivity contribution is 6.39. The van der Waals surface area contributed by atoms with Gasteiger partial charge in [-0.3, -0.25) is 4.99 Å². The molecule has 27 heavy (non-hydrogen) atoms. The highest BCUT2D eigenvalue weighted by Gasteiger charge is 2.07. The fourth-order valence-corrected chi connectivity index (χ4v) is 2.89. The van der Waals surface area contributed by atoms with Crippen molar-refractivity contribution in [3.63, 3.8) is 0 Å². The molecule has 0 radical (unpaired) electrons. The first-order valence-corrected chi connectivity index (χ1v) is 8.96. The number of rotatable bonds is 6. The maximum Gasteiger partial charge on any atom is 0.162 e. The van der Waals surface area contributed by atoms with Crippen LogP contribution in [0, 0.1) is 0 Å². The first-order valence-electron chi connectivity index (χ1n) is 8.20. The number of benzene rings is 3. The number of anilines is 1. The first-order chi connectivity index (χ1) is 13.1. The van der Waals surface area contributed by atoms with Crippen LogP contribution in [0.15, 0.2) is 65.7 Å². The maximum atomic E-state index is 6.05. The van der Waals surface area contributed by atoms with E-state index in [1.165, 1.54) is 0 Å². The Kier molecular flexibility index (Phi) is 6.22. The van der Waals surface area contributed by atoms with Crippen LogP contribution >= 0.6 is 23.2 Å². The number of ether oxygens (including phenoxy) is 2. The van der Waals surface area contributed by atoms with Crippen molar-refractivity contribution < 1.29 is 9.47 Å². The van der Waals surface area contributed by atoms with Crippen LogP contribution in [0.25, 0.3) is 0 Å². The summed E-state index contributed by atoms with van der Waals surface area (Å²) in [5.41, 5.74) is 8.63. The fourth-order valence-electron chi connectivity index (χ4n) is 2.42. The van der Waals surface area contributed by atoms with Crippen LogP contribution in [0.3, 0.4) is 0 Å². The zero-order chi connectivity index (χ0) is 19.2. The summed E-state index contributed by atoms with van der Waals surface area (Å²) in [6.07, 6.45) is 1.70. The van der Waals surface area contributed by atoms with Gasteiger partial charge in [-0.05, 0) is 41.5 Å². The number of nitrogen functional groups attached to an aromatic ring is 1. The van der Waals surface area contributed by atoms with E-state index in [1.54, 1.807) is 25.5 Å². The number of halogens is 2. The third-order valence-corrected chi connectivity index (χ3v) is 4.48. The monoisotopic (exact) mass is 400 g/mol. The lowest BCUT2D eigenvalue weighted by Gasteiger charge is -2.11. The lowest BCUT2D eigenvalue weighted by molar-refractivity contribution is 0.284. The van der Waals surface area contributed by atoms with Gasteiger partial charge >= 0.3 is 0 Å². The van der Waals surface area contributed by atoms with Gasteiger partial charge in [0.05, 0.1) is 28.5 Å². The first kappa shape index (κ1) is 19.1. The van der Waals surface area contributed by atoms with E-state index in [0.29, 0.717) is 39.5 Å². The van der Waals surface area contributed by atoms with Crippen molar-refractivity contribution in [2.45, 2.75) is 6.61 Å². The SMILES string of the molecule is COc1ccc(C=Nc2cc(Cl)c(N)c(Cl)c2)cc1OCc1ccccc1. The molecule has 0 spiro atoms. The molecule has 3 aromatic carbocycles. The lowest BCUT2D eigenvalue weighted by atomic mass is 10.2. The number of aliphatic imine (C=N–C) groups is 1. The molecule has 4 nitrogen and oxygen atoms in total. The topological polar surface area (TPSA) is 56.8 Å². The Balaban J connectivity index is 1.80. The van der Waals surface area contributed by atoms with E-state index in [4.69, 9.17) is 38.4 Å². The molecule has 0 amide bonds. The van der Waals surface area contributed by atoms with Crippen molar-refractivity contribution in [1.82, 2.24) is 0 Å². The van der Waals surface area contributed by atoms with Crippen LogP contribution in [-0.4, -0.2) is 13.3 Å². The molecule has 6 heteroatoms. The predicted octanol–water partition coefficient (Wildman–Crippen LogP) is 5.91. The molecule has 0 aromatic heterocycles. The molecule has 3 rings (SSSR count). The van der Waals surface area contributed by atoms with Crippen LogP contribution in [-0.2, 0) is 6.61 Å². The molecule has 138 valence electrons. The summed E-state index contributed by atoms with van der Waals surface area (Å²) >= 11 is 12.1. The van der Waals surface area contributed by atoms with E-state index in [1.807, 2.05) is 48.5 Å². The largest absolute Gasteiger partial charge is 0.493 e. The Morgan fingerprint density at radius 3 is 2.33 bits per heavy atom. The average molecular weight is 401 g/mol. The summed E-state index contributed by atoms with van der Waals surface area (Å²) in [7, 11) is 1.61. The second-order valence-electron chi connectivity index (χ2n) is 5.77. The molecule has 0 atom stereocenters. The number of hydrogen-bond acceptors (Lipinski definition) is 4. The Labute approximate surface area is 168 Å². The van der Waals surface area contributed by atoms with Gasteiger partial charge < -0.3 is 15.2 Å². The molecule has 0 aliphatic heterocycles.